The summed E-state index contributed by atoms with van der Waals surface area (Å²) in [6.45, 7) is 0.210. The monoisotopic (exact) mass is 344 g/mol. The molecule has 0 fully saturated rings. The summed E-state index contributed by atoms with van der Waals surface area (Å²) in [7, 11) is 0. The van der Waals surface area contributed by atoms with E-state index in [-0.39, 0.29) is 18.8 Å². The normalized spacial score (nSPS) is 10.8. The summed E-state index contributed by atoms with van der Waals surface area (Å²) in [6, 6.07) is 13.2. The summed E-state index contributed by atoms with van der Waals surface area (Å²) < 4.78 is 1.60. The molecule has 0 aliphatic rings. The lowest BCUT2D eigenvalue weighted by Gasteiger charge is -2.03. The fourth-order valence-corrected chi connectivity index (χ4v) is 2.39. The summed E-state index contributed by atoms with van der Waals surface area (Å²) in [6.07, 6.45) is 0. The average molecular weight is 345 g/mol. The molecule has 8 heteroatoms. The zero-order valence-corrected chi connectivity index (χ0v) is 13.2. The second-order valence-electron chi connectivity index (χ2n) is 5.02. The van der Waals surface area contributed by atoms with Crippen LogP contribution in [0, 0.1) is 10.1 Å². The zero-order chi connectivity index (χ0) is 17.1. The van der Waals surface area contributed by atoms with Gasteiger partial charge in [-0.25, -0.2) is 9.67 Å². The Morgan fingerprint density at radius 1 is 1.08 bits per heavy atom. The van der Waals surface area contributed by atoms with E-state index in [0.717, 1.165) is 5.56 Å². The minimum Gasteiger partial charge on any atom is -0.394 e. The van der Waals surface area contributed by atoms with Crippen molar-refractivity contribution in [1.82, 2.24) is 14.8 Å². The first-order valence-corrected chi connectivity index (χ1v) is 7.53. The smallest absolute Gasteiger partial charge is 0.269 e. The van der Waals surface area contributed by atoms with Gasteiger partial charge >= 0.3 is 0 Å². The molecule has 3 rings (SSSR count). The van der Waals surface area contributed by atoms with Crippen LogP contribution in [0.2, 0.25) is 5.02 Å². The van der Waals surface area contributed by atoms with Gasteiger partial charge in [0.1, 0.15) is 0 Å². The molecular weight excluding hydrogens is 332 g/mol. The first kappa shape index (κ1) is 16.1. The third kappa shape index (κ3) is 3.27. The van der Waals surface area contributed by atoms with Gasteiger partial charge < -0.3 is 5.11 Å². The highest BCUT2D eigenvalue weighted by molar-refractivity contribution is 6.30. The van der Waals surface area contributed by atoms with Crippen molar-refractivity contribution >= 4 is 17.3 Å². The number of rotatable bonds is 5. The Bertz CT molecular complexity index is 860. The van der Waals surface area contributed by atoms with Gasteiger partial charge in [-0.2, -0.15) is 5.10 Å². The molecule has 0 aliphatic carbocycles. The molecule has 0 radical (unpaired) electrons. The average Bonchev–Trinajstić information content (AvgIpc) is 3.00. The number of halogens is 1. The minimum atomic E-state index is -0.458. The highest BCUT2D eigenvalue weighted by Crippen LogP contribution is 2.25. The maximum atomic E-state index is 10.7. The largest absolute Gasteiger partial charge is 0.394 e. The molecule has 0 saturated carbocycles. The quantitative estimate of drug-likeness (QED) is 0.566. The highest BCUT2D eigenvalue weighted by atomic mass is 35.5. The summed E-state index contributed by atoms with van der Waals surface area (Å²) in [5.74, 6) is 1.03. The van der Waals surface area contributed by atoms with Crippen LogP contribution < -0.4 is 0 Å². The van der Waals surface area contributed by atoms with Crippen LogP contribution in [0.25, 0.3) is 22.8 Å². The van der Waals surface area contributed by atoms with E-state index in [1.54, 1.807) is 28.9 Å². The predicted molar refractivity (Wildman–Crippen MR) is 89.6 cm³/mol. The topological polar surface area (TPSA) is 94.1 Å². The maximum Gasteiger partial charge on any atom is 0.269 e. The summed E-state index contributed by atoms with van der Waals surface area (Å²) >= 11 is 5.90. The Labute approximate surface area is 142 Å². The minimum absolute atomic E-state index is 0.00599. The van der Waals surface area contributed by atoms with Crippen molar-refractivity contribution in [3.8, 4) is 22.8 Å². The van der Waals surface area contributed by atoms with Gasteiger partial charge in [0, 0.05) is 28.3 Å². The highest BCUT2D eigenvalue weighted by Gasteiger charge is 2.14. The van der Waals surface area contributed by atoms with Crippen molar-refractivity contribution < 1.29 is 10.0 Å². The fourth-order valence-electron chi connectivity index (χ4n) is 2.26. The lowest BCUT2D eigenvalue weighted by Crippen LogP contribution is -2.06. The van der Waals surface area contributed by atoms with Crippen molar-refractivity contribution in [1.29, 1.82) is 0 Å². The van der Waals surface area contributed by atoms with Crippen LogP contribution in [0.4, 0.5) is 5.69 Å². The molecule has 1 N–H and O–H groups in total. The number of nitro benzene ring substituents is 1. The second-order valence-corrected chi connectivity index (χ2v) is 5.45. The van der Waals surface area contributed by atoms with E-state index in [2.05, 4.69) is 10.1 Å². The van der Waals surface area contributed by atoms with Crippen LogP contribution in [0.1, 0.15) is 0 Å². The molecule has 0 saturated heterocycles. The van der Waals surface area contributed by atoms with Gasteiger partial charge in [0.2, 0.25) is 0 Å². The van der Waals surface area contributed by atoms with Crippen molar-refractivity contribution in [2.45, 2.75) is 6.54 Å². The van der Waals surface area contributed by atoms with Crippen LogP contribution in [0.15, 0.2) is 48.5 Å². The lowest BCUT2D eigenvalue weighted by atomic mass is 10.2. The molecule has 122 valence electrons. The second kappa shape index (κ2) is 6.77. The number of non-ortho nitro benzene ring substituents is 1. The van der Waals surface area contributed by atoms with E-state index in [4.69, 9.17) is 11.6 Å². The third-order valence-electron chi connectivity index (χ3n) is 3.42. The Kier molecular flexibility index (Phi) is 4.54. The fraction of sp³-hybridized carbons (Fsp3) is 0.125. The Morgan fingerprint density at radius 2 is 1.71 bits per heavy atom. The lowest BCUT2D eigenvalue weighted by molar-refractivity contribution is -0.384. The number of benzene rings is 2. The van der Waals surface area contributed by atoms with Gasteiger partial charge in [-0.3, -0.25) is 10.1 Å². The van der Waals surface area contributed by atoms with Crippen LogP contribution in [-0.2, 0) is 6.54 Å². The van der Waals surface area contributed by atoms with Gasteiger partial charge in [0.15, 0.2) is 11.6 Å². The molecule has 24 heavy (non-hydrogen) atoms. The molecule has 1 aromatic heterocycles. The molecule has 0 spiro atoms. The van der Waals surface area contributed by atoms with Crippen LogP contribution in [-0.4, -0.2) is 31.4 Å². The number of aromatic nitrogens is 3. The van der Waals surface area contributed by atoms with E-state index < -0.39 is 4.92 Å². The number of hydrogen-bond acceptors (Lipinski definition) is 5. The van der Waals surface area contributed by atoms with E-state index in [1.807, 2.05) is 12.1 Å². The molecular formula is C16H13ClN4O3. The Morgan fingerprint density at radius 3 is 2.29 bits per heavy atom. The van der Waals surface area contributed by atoms with Crippen molar-refractivity contribution in [3.63, 3.8) is 0 Å². The molecule has 0 amide bonds. The molecule has 0 bridgehead atoms. The molecule has 2 aromatic carbocycles. The van der Waals surface area contributed by atoms with Crippen molar-refractivity contribution in [2.24, 2.45) is 0 Å². The third-order valence-corrected chi connectivity index (χ3v) is 3.67. The molecule has 0 atom stereocenters. The van der Waals surface area contributed by atoms with Gasteiger partial charge in [0.05, 0.1) is 18.1 Å². The van der Waals surface area contributed by atoms with E-state index in [1.165, 1.54) is 12.1 Å². The van der Waals surface area contributed by atoms with E-state index in [9.17, 15) is 15.2 Å². The number of aliphatic hydroxyl groups is 1. The number of aliphatic hydroxyl groups excluding tert-OH is 1. The standard InChI is InChI=1S/C16H13ClN4O3/c17-13-5-1-12(2-6-13)16-18-15(19-20(16)9-10-22)11-3-7-14(8-4-11)21(23)24/h1-8,22H,9-10H2. The number of nitro groups is 1. The van der Waals surface area contributed by atoms with E-state index >= 15 is 0 Å². The summed E-state index contributed by atoms with van der Waals surface area (Å²) in [5.41, 5.74) is 1.48. The van der Waals surface area contributed by atoms with E-state index in [0.29, 0.717) is 22.2 Å². The number of nitrogens with zero attached hydrogens (tertiary/aromatic N) is 4. The maximum absolute atomic E-state index is 10.7. The van der Waals surface area contributed by atoms with Gasteiger partial charge in [0.25, 0.3) is 5.69 Å². The zero-order valence-electron chi connectivity index (χ0n) is 12.5. The molecule has 0 aliphatic heterocycles. The molecule has 1 heterocycles. The first-order valence-electron chi connectivity index (χ1n) is 7.15. The van der Waals surface area contributed by atoms with Gasteiger partial charge in [-0.15, -0.1) is 0 Å². The predicted octanol–water partition coefficient (Wildman–Crippen LogP) is 3.17. The summed E-state index contributed by atoms with van der Waals surface area (Å²) in [5, 5.41) is 25.0. The molecule has 0 unspecified atom stereocenters. The Hall–Kier alpha value is -2.77. The van der Waals surface area contributed by atoms with Crippen LogP contribution >= 0.6 is 11.6 Å². The first-order chi connectivity index (χ1) is 11.6. The van der Waals surface area contributed by atoms with Crippen LogP contribution in [0.3, 0.4) is 0 Å². The Balaban J connectivity index is 2.02. The van der Waals surface area contributed by atoms with Crippen LogP contribution in [0.5, 0.6) is 0 Å². The molecule has 7 nitrogen and oxygen atoms in total. The van der Waals surface area contributed by atoms with Crippen molar-refractivity contribution in [2.75, 3.05) is 6.61 Å². The van der Waals surface area contributed by atoms with Gasteiger partial charge in [-0.05, 0) is 36.4 Å². The van der Waals surface area contributed by atoms with Crippen molar-refractivity contribution in [3.05, 3.63) is 63.7 Å². The van der Waals surface area contributed by atoms with Gasteiger partial charge in [-0.1, -0.05) is 11.6 Å². The molecule has 3 aromatic rings. The summed E-state index contributed by atoms with van der Waals surface area (Å²) in [4.78, 5) is 14.8. The number of hydrogen-bond donors (Lipinski definition) is 1. The SMILES string of the molecule is O=[N+]([O-])c1ccc(-c2nc(-c3ccc(Cl)cc3)n(CCO)n2)cc1.